The number of nitrogens with zero attached hydrogens (tertiary/aromatic N) is 1. The van der Waals surface area contributed by atoms with Gasteiger partial charge >= 0.3 is 5.97 Å². The van der Waals surface area contributed by atoms with Gasteiger partial charge in [-0.1, -0.05) is 18.2 Å². The maximum Gasteiger partial charge on any atom is 0.317 e. The Morgan fingerprint density at radius 2 is 2.30 bits per heavy atom. The number of alkyl halides is 1. The number of Topliss-reactive ketones (excluding diaryl/α,β-unsaturated/α-hetero) is 1. The molecule has 0 aromatic rings. The van der Waals surface area contributed by atoms with Crippen LogP contribution in [0, 0.1) is 27.4 Å². The zero-order chi connectivity index (χ0) is 17.4. The summed E-state index contributed by atoms with van der Waals surface area (Å²) in [6, 6.07) is -1.49. The molecule has 0 saturated heterocycles. The Kier molecular flexibility index (Phi) is 4.64. The second-order valence-electron chi connectivity index (χ2n) is 5.81. The number of aliphatic hydroxyl groups is 1. The molecular weight excluding hydrogens is 326 g/mol. The number of hydrogen-bond acceptors (Lipinski definition) is 6. The number of allylic oxidation sites excluding steroid dienone is 2. The van der Waals surface area contributed by atoms with Crippen molar-refractivity contribution in [3.8, 4) is 0 Å². The van der Waals surface area contributed by atoms with Crippen LogP contribution >= 0.6 is 11.6 Å². The van der Waals surface area contributed by atoms with Gasteiger partial charge in [0.25, 0.3) is 0 Å². The van der Waals surface area contributed by atoms with Crippen LogP contribution in [0.2, 0.25) is 0 Å². The van der Waals surface area contributed by atoms with E-state index in [1.807, 2.05) is 0 Å². The molecule has 0 spiro atoms. The third kappa shape index (κ3) is 2.30. The van der Waals surface area contributed by atoms with Crippen LogP contribution in [-0.2, 0) is 14.3 Å². The Bertz CT molecular complexity index is 591. The van der Waals surface area contributed by atoms with Crippen molar-refractivity contribution in [3.05, 3.63) is 34.9 Å². The molecule has 5 atom stereocenters. The Morgan fingerprint density at radius 1 is 1.65 bits per heavy atom. The first kappa shape index (κ1) is 17.6. The highest BCUT2D eigenvalue weighted by molar-refractivity contribution is 6.21. The van der Waals surface area contributed by atoms with E-state index >= 15 is 0 Å². The predicted molar refractivity (Wildman–Crippen MR) is 81.5 cm³/mol. The van der Waals surface area contributed by atoms with Crippen LogP contribution in [0.25, 0.3) is 0 Å². The van der Waals surface area contributed by atoms with Gasteiger partial charge in [-0.3, -0.25) is 19.7 Å². The van der Waals surface area contributed by atoms with E-state index in [2.05, 4.69) is 6.58 Å². The number of nitro groups is 1. The smallest absolute Gasteiger partial charge is 0.317 e. The van der Waals surface area contributed by atoms with E-state index < -0.39 is 51.4 Å². The number of esters is 1. The van der Waals surface area contributed by atoms with Crippen molar-refractivity contribution >= 4 is 23.4 Å². The maximum absolute atomic E-state index is 12.9. The summed E-state index contributed by atoms with van der Waals surface area (Å²) in [7, 11) is 0. The van der Waals surface area contributed by atoms with Crippen LogP contribution in [0.5, 0.6) is 0 Å². The second kappa shape index (κ2) is 6.05. The van der Waals surface area contributed by atoms with Gasteiger partial charge in [0, 0.05) is 4.92 Å². The SMILES string of the molecule is C=CC[C@]12C=C[C@H]([C@H]([N+](=O)[O-])[C@H]1C(=O)OCC)[C@@](O)(CCl)C2=O. The predicted octanol–water partition coefficient (Wildman–Crippen LogP) is 1.11. The van der Waals surface area contributed by atoms with Gasteiger partial charge in [0.1, 0.15) is 11.5 Å². The molecule has 3 rings (SSSR count). The van der Waals surface area contributed by atoms with Gasteiger partial charge in [0.05, 0.1) is 23.8 Å². The monoisotopic (exact) mass is 343 g/mol. The first-order valence-electron chi connectivity index (χ1n) is 7.23. The van der Waals surface area contributed by atoms with Gasteiger partial charge in [-0.25, -0.2) is 0 Å². The fraction of sp³-hybridized carbons (Fsp3) is 0.600. The van der Waals surface area contributed by atoms with Crippen molar-refractivity contribution < 1.29 is 24.4 Å². The first-order chi connectivity index (χ1) is 10.8. The highest BCUT2D eigenvalue weighted by Crippen LogP contribution is 2.55. The highest BCUT2D eigenvalue weighted by Gasteiger charge is 2.72. The number of hydrogen-bond donors (Lipinski definition) is 1. The fourth-order valence-electron chi connectivity index (χ4n) is 3.73. The lowest BCUT2D eigenvalue weighted by Gasteiger charge is -2.52. The van der Waals surface area contributed by atoms with E-state index in [1.54, 1.807) is 6.92 Å². The van der Waals surface area contributed by atoms with Crippen LogP contribution < -0.4 is 0 Å². The van der Waals surface area contributed by atoms with Crippen molar-refractivity contribution in [2.24, 2.45) is 17.3 Å². The fourth-order valence-corrected chi connectivity index (χ4v) is 4.03. The van der Waals surface area contributed by atoms with Crippen LogP contribution in [-0.4, -0.2) is 45.9 Å². The summed E-state index contributed by atoms with van der Waals surface area (Å²) in [6.07, 6.45) is 4.24. The minimum absolute atomic E-state index is 0.0257. The Morgan fingerprint density at radius 3 is 2.78 bits per heavy atom. The molecule has 1 fully saturated rings. The highest BCUT2D eigenvalue weighted by atomic mass is 35.5. The van der Waals surface area contributed by atoms with E-state index in [4.69, 9.17) is 16.3 Å². The van der Waals surface area contributed by atoms with Gasteiger partial charge in [0.2, 0.25) is 6.04 Å². The summed E-state index contributed by atoms with van der Waals surface area (Å²) >= 11 is 5.76. The van der Waals surface area contributed by atoms with Crippen LogP contribution in [0.4, 0.5) is 0 Å². The van der Waals surface area contributed by atoms with Crippen molar-refractivity contribution in [3.63, 3.8) is 0 Å². The van der Waals surface area contributed by atoms with Crippen molar-refractivity contribution in [2.75, 3.05) is 12.5 Å². The summed E-state index contributed by atoms with van der Waals surface area (Å²) in [5.74, 6) is -4.50. The van der Waals surface area contributed by atoms with Gasteiger partial charge in [0.15, 0.2) is 5.78 Å². The third-order valence-electron chi connectivity index (χ3n) is 4.70. The number of carbonyl (C=O) groups excluding carboxylic acids is 2. The lowest BCUT2D eigenvalue weighted by Crippen LogP contribution is -2.71. The Labute approximate surface area is 138 Å². The molecule has 1 saturated carbocycles. The summed E-state index contributed by atoms with van der Waals surface area (Å²) < 4.78 is 4.96. The van der Waals surface area contributed by atoms with Crippen LogP contribution in [0.1, 0.15) is 13.3 Å². The summed E-state index contributed by atoms with van der Waals surface area (Å²) in [5.41, 5.74) is -3.65. The summed E-state index contributed by atoms with van der Waals surface area (Å²) in [5, 5.41) is 22.2. The van der Waals surface area contributed by atoms with Crippen molar-refractivity contribution in [2.45, 2.75) is 25.0 Å². The van der Waals surface area contributed by atoms with Crippen LogP contribution in [0.15, 0.2) is 24.8 Å². The molecule has 3 aliphatic rings. The number of fused-ring (bicyclic) bond motifs is 2. The standard InChI is InChI=1S/C15H18ClNO6/c1-3-6-14-7-5-9(15(20,8-16)13(14)19)11(17(21)22)10(14)12(18)23-4-2/h3,5,7,9-11,20H,1,4,6,8H2,2H3/t9-,10+,11+,14+,15+/m1/s1. The lowest BCUT2D eigenvalue weighted by molar-refractivity contribution is -0.547. The molecule has 0 aromatic heterocycles. The zero-order valence-electron chi connectivity index (χ0n) is 12.6. The third-order valence-corrected chi connectivity index (χ3v) is 5.11. The van der Waals surface area contributed by atoms with E-state index in [9.17, 15) is 24.8 Å². The molecule has 0 unspecified atom stereocenters. The van der Waals surface area contributed by atoms with Gasteiger partial charge in [-0.2, -0.15) is 0 Å². The molecule has 3 aliphatic carbocycles. The van der Waals surface area contributed by atoms with E-state index in [0.29, 0.717) is 0 Å². The van der Waals surface area contributed by atoms with Gasteiger partial charge in [-0.15, -0.1) is 18.2 Å². The molecule has 1 N–H and O–H groups in total. The Balaban J connectivity index is 2.68. The second-order valence-corrected chi connectivity index (χ2v) is 6.08. The number of ether oxygens (including phenoxy) is 1. The minimum Gasteiger partial charge on any atom is -0.466 e. The maximum atomic E-state index is 12.9. The molecule has 0 radical (unpaired) electrons. The molecule has 0 aromatic carbocycles. The first-order valence-corrected chi connectivity index (χ1v) is 7.77. The minimum atomic E-state index is -2.08. The summed E-state index contributed by atoms with van der Waals surface area (Å²) in [6.45, 7) is 5.17. The molecular formula is C15H18ClNO6. The largest absolute Gasteiger partial charge is 0.466 e. The number of rotatable bonds is 6. The average Bonchev–Trinajstić information content (AvgIpc) is 2.51. The number of ketones is 1. The molecule has 8 heteroatoms. The Hall–Kier alpha value is -1.73. The van der Waals surface area contributed by atoms with E-state index in [-0.39, 0.29) is 13.0 Å². The zero-order valence-corrected chi connectivity index (χ0v) is 13.4. The number of halogens is 1. The molecule has 23 heavy (non-hydrogen) atoms. The lowest BCUT2D eigenvalue weighted by atomic mass is 9.49. The average molecular weight is 344 g/mol. The molecule has 0 heterocycles. The molecule has 126 valence electrons. The molecule has 0 aliphatic heterocycles. The molecule has 0 amide bonds. The van der Waals surface area contributed by atoms with Gasteiger partial charge in [-0.05, 0) is 13.3 Å². The van der Waals surface area contributed by atoms with E-state index in [1.165, 1.54) is 18.2 Å². The molecule has 7 nitrogen and oxygen atoms in total. The number of carbonyl (C=O) groups is 2. The quantitative estimate of drug-likeness (QED) is 0.254. The van der Waals surface area contributed by atoms with Crippen molar-refractivity contribution in [1.29, 1.82) is 0 Å². The van der Waals surface area contributed by atoms with Gasteiger partial charge < -0.3 is 9.84 Å². The summed E-state index contributed by atoms with van der Waals surface area (Å²) in [4.78, 5) is 36.2. The van der Waals surface area contributed by atoms with E-state index in [0.717, 1.165) is 0 Å². The topological polar surface area (TPSA) is 107 Å². The van der Waals surface area contributed by atoms with Crippen LogP contribution in [0.3, 0.4) is 0 Å². The normalized spacial score (nSPS) is 38.4. The van der Waals surface area contributed by atoms with Crippen molar-refractivity contribution in [1.82, 2.24) is 0 Å². The molecule has 2 bridgehead atoms.